The van der Waals surface area contributed by atoms with Crippen molar-refractivity contribution in [3.63, 3.8) is 0 Å². The van der Waals surface area contributed by atoms with E-state index in [0.29, 0.717) is 0 Å². The SMILES string of the molecule is CCN(CC)CN1CCC2(CCC2)CC1. The van der Waals surface area contributed by atoms with E-state index in [2.05, 4.69) is 23.6 Å². The third-order valence-electron chi connectivity index (χ3n) is 4.63. The first kappa shape index (κ1) is 11.4. The lowest BCUT2D eigenvalue weighted by atomic mass is 9.63. The molecule has 2 fully saturated rings. The van der Waals surface area contributed by atoms with E-state index in [-0.39, 0.29) is 0 Å². The maximum absolute atomic E-state index is 2.65. The minimum absolute atomic E-state index is 0.805. The summed E-state index contributed by atoms with van der Waals surface area (Å²) in [6, 6.07) is 0. The third-order valence-corrected chi connectivity index (χ3v) is 4.63. The summed E-state index contributed by atoms with van der Waals surface area (Å²) >= 11 is 0. The highest BCUT2D eigenvalue weighted by atomic mass is 15.3. The fourth-order valence-corrected chi connectivity index (χ4v) is 3.05. The lowest BCUT2D eigenvalue weighted by molar-refractivity contribution is 0.0118. The number of hydrogen-bond donors (Lipinski definition) is 0. The van der Waals surface area contributed by atoms with Crippen LogP contribution in [-0.2, 0) is 0 Å². The highest BCUT2D eigenvalue weighted by Gasteiger charge is 2.39. The molecule has 0 aromatic heterocycles. The second kappa shape index (κ2) is 4.84. The van der Waals surface area contributed by atoms with E-state index in [1.165, 1.54) is 65.0 Å². The van der Waals surface area contributed by atoms with Crippen molar-refractivity contribution in [1.29, 1.82) is 0 Å². The molecule has 2 heteroatoms. The number of likely N-dealkylation sites (tertiary alicyclic amines) is 1. The first-order chi connectivity index (χ1) is 7.28. The highest BCUT2D eigenvalue weighted by Crippen LogP contribution is 2.48. The number of nitrogens with zero attached hydrogens (tertiary/aromatic N) is 2. The van der Waals surface area contributed by atoms with Crippen LogP contribution in [0.25, 0.3) is 0 Å². The molecule has 2 nitrogen and oxygen atoms in total. The van der Waals surface area contributed by atoms with Crippen LogP contribution in [0.2, 0.25) is 0 Å². The van der Waals surface area contributed by atoms with Gasteiger partial charge in [0.2, 0.25) is 0 Å². The molecule has 1 saturated heterocycles. The number of piperidine rings is 1. The molecule has 0 atom stereocenters. The maximum atomic E-state index is 2.65. The normalized spacial score (nSPS) is 25.8. The van der Waals surface area contributed by atoms with Gasteiger partial charge < -0.3 is 0 Å². The van der Waals surface area contributed by atoms with E-state index in [1.807, 2.05) is 0 Å². The van der Waals surface area contributed by atoms with Crippen LogP contribution in [-0.4, -0.2) is 42.6 Å². The Morgan fingerprint density at radius 1 is 1.00 bits per heavy atom. The molecule has 1 aliphatic carbocycles. The van der Waals surface area contributed by atoms with Crippen molar-refractivity contribution in [3.8, 4) is 0 Å². The third kappa shape index (κ3) is 2.54. The molecule has 88 valence electrons. The molecule has 1 spiro atoms. The fourth-order valence-electron chi connectivity index (χ4n) is 3.05. The largest absolute Gasteiger partial charge is 0.291 e. The van der Waals surface area contributed by atoms with Crippen molar-refractivity contribution in [3.05, 3.63) is 0 Å². The van der Waals surface area contributed by atoms with Gasteiger partial charge in [-0.2, -0.15) is 0 Å². The van der Waals surface area contributed by atoms with Crippen LogP contribution in [0.3, 0.4) is 0 Å². The van der Waals surface area contributed by atoms with Crippen LogP contribution in [0, 0.1) is 5.41 Å². The van der Waals surface area contributed by atoms with Gasteiger partial charge in [0.05, 0.1) is 6.67 Å². The zero-order valence-electron chi connectivity index (χ0n) is 10.5. The monoisotopic (exact) mass is 210 g/mol. The van der Waals surface area contributed by atoms with Gasteiger partial charge in [-0.15, -0.1) is 0 Å². The summed E-state index contributed by atoms with van der Waals surface area (Å²) in [7, 11) is 0. The molecule has 2 aliphatic rings. The minimum atomic E-state index is 0.805. The summed E-state index contributed by atoms with van der Waals surface area (Å²) in [6.07, 6.45) is 7.47. The Labute approximate surface area is 94.6 Å². The van der Waals surface area contributed by atoms with Crippen LogP contribution in [0.5, 0.6) is 0 Å². The minimum Gasteiger partial charge on any atom is -0.291 e. The Hall–Kier alpha value is -0.0800. The Bertz CT molecular complexity index is 185. The van der Waals surface area contributed by atoms with E-state index >= 15 is 0 Å². The molecule has 1 heterocycles. The molecule has 15 heavy (non-hydrogen) atoms. The Morgan fingerprint density at radius 2 is 1.60 bits per heavy atom. The molecular formula is C13H26N2. The molecule has 0 unspecified atom stereocenters. The summed E-state index contributed by atoms with van der Waals surface area (Å²) < 4.78 is 0. The summed E-state index contributed by atoms with van der Waals surface area (Å²) in [5, 5.41) is 0. The van der Waals surface area contributed by atoms with Crippen molar-refractivity contribution in [2.75, 3.05) is 32.8 Å². The number of hydrogen-bond acceptors (Lipinski definition) is 2. The first-order valence-corrected chi connectivity index (χ1v) is 6.73. The van der Waals surface area contributed by atoms with Gasteiger partial charge in [0, 0.05) is 0 Å². The molecule has 2 rings (SSSR count). The summed E-state index contributed by atoms with van der Waals surface area (Å²) in [5.41, 5.74) is 0.805. The van der Waals surface area contributed by atoms with Gasteiger partial charge in [0.1, 0.15) is 0 Å². The van der Waals surface area contributed by atoms with Gasteiger partial charge in [-0.25, -0.2) is 0 Å². The number of rotatable bonds is 4. The molecule has 0 radical (unpaired) electrons. The second-order valence-corrected chi connectivity index (χ2v) is 5.42. The predicted octanol–water partition coefficient (Wildman–Crippen LogP) is 2.55. The van der Waals surface area contributed by atoms with E-state index in [9.17, 15) is 0 Å². The van der Waals surface area contributed by atoms with Crippen molar-refractivity contribution in [2.24, 2.45) is 5.41 Å². The van der Waals surface area contributed by atoms with Gasteiger partial charge in [-0.1, -0.05) is 20.3 Å². The predicted molar refractivity (Wildman–Crippen MR) is 64.9 cm³/mol. The van der Waals surface area contributed by atoms with Crippen molar-refractivity contribution in [2.45, 2.75) is 46.0 Å². The van der Waals surface area contributed by atoms with E-state index in [4.69, 9.17) is 0 Å². The van der Waals surface area contributed by atoms with Gasteiger partial charge in [-0.3, -0.25) is 9.80 Å². The highest BCUT2D eigenvalue weighted by molar-refractivity contribution is 4.91. The first-order valence-electron chi connectivity index (χ1n) is 6.73. The van der Waals surface area contributed by atoms with Crippen LogP contribution in [0.15, 0.2) is 0 Å². The van der Waals surface area contributed by atoms with Crippen LogP contribution < -0.4 is 0 Å². The fraction of sp³-hybridized carbons (Fsp3) is 1.00. The lowest BCUT2D eigenvalue weighted by Gasteiger charge is -2.48. The molecular weight excluding hydrogens is 184 g/mol. The van der Waals surface area contributed by atoms with Crippen LogP contribution >= 0.6 is 0 Å². The molecule has 0 aromatic carbocycles. The van der Waals surface area contributed by atoms with Gasteiger partial charge >= 0.3 is 0 Å². The maximum Gasteiger partial charge on any atom is 0.0505 e. The Kier molecular flexibility index (Phi) is 3.68. The molecule has 0 aromatic rings. The summed E-state index contributed by atoms with van der Waals surface area (Å²) in [5.74, 6) is 0. The summed E-state index contributed by atoms with van der Waals surface area (Å²) in [4.78, 5) is 5.18. The average molecular weight is 210 g/mol. The molecule has 0 amide bonds. The van der Waals surface area contributed by atoms with Crippen molar-refractivity contribution in [1.82, 2.24) is 9.80 Å². The Morgan fingerprint density at radius 3 is 2.00 bits per heavy atom. The second-order valence-electron chi connectivity index (χ2n) is 5.42. The summed E-state index contributed by atoms with van der Waals surface area (Å²) in [6.45, 7) is 10.8. The van der Waals surface area contributed by atoms with Crippen molar-refractivity contribution < 1.29 is 0 Å². The zero-order chi connectivity index (χ0) is 10.7. The van der Waals surface area contributed by atoms with Crippen LogP contribution in [0.1, 0.15) is 46.0 Å². The van der Waals surface area contributed by atoms with Gasteiger partial charge in [0.15, 0.2) is 0 Å². The molecule has 0 N–H and O–H groups in total. The van der Waals surface area contributed by atoms with Crippen molar-refractivity contribution >= 4 is 0 Å². The average Bonchev–Trinajstić information content (AvgIpc) is 2.24. The van der Waals surface area contributed by atoms with Gasteiger partial charge in [-0.05, 0) is 57.3 Å². The van der Waals surface area contributed by atoms with Crippen LogP contribution in [0.4, 0.5) is 0 Å². The van der Waals surface area contributed by atoms with E-state index in [0.717, 1.165) is 5.41 Å². The molecule has 1 aliphatic heterocycles. The lowest BCUT2D eigenvalue weighted by Crippen LogP contribution is -2.47. The van der Waals surface area contributed by atoms with E-state index < -0.39 is 0 Å². The van der Waals surface area contributed by atoms with Gasteiger partial charge in [0.25, 0.3) is 0 Å². The molecule has 1 saturated carbocycles. The van der Waals surface area contributed by atoms with E-state index in [1.54, 1.807) is 0 Å². The quantitative estimate of drug-likeness (QED) is 0.703. The Balaban J connectivity index is 1.73. The topological polar surface area (TPSA) is 6.48 Å². The molecule has 0 bridgehead atoms. The standard InChI is InChI=1S/C13H26N2/c1-3-14(4-2)12-15-10-8-13(9-11-15)6-5-7-13/h3-12H2,1-2H3. The smallest absolute Gasteiger partial charge is 0.0505 e. The zero-order valence-corrected chi connectivity index (χ0v) is 10.5.